The molecule has 1 N–H and O–H groups in total. The molecule has 2 unspecified atom stereocenters. The number of aliphatic hydroxyl groups excluding tert-OH is 1. The molecule has 0 saturated carbocycles. The second kappa shape index (κ2) is 6.66. The van der Waals surface area contributed by atoms with Gasteiger partial charge in [-0.05, 0) is 19.8 Å². The van der Waals surface area contributed by atoms with E-state index in [1.807, 2.05) is 13.8 Å². The molecule has 3 nitrogen and oxygen atoms in total. The summed E-state index contributed by atoms with van der Waals surface area (Å²) >= 11 is 0. The number of carbonyl (C=O) groups excluding carboxylic acids is 1. The summed E-state index contributed by atoms with van der Waals surface area (Å²) in [6.45, 7) is 5.82. The molecule has 0 fully saturated rings. The molecule has 0 heterocycles. The molecule has 13 heavy (non-hydrogen) atoms. The molecular formula is C10H18O3. The van der Waals surface area contributed by atoms with E-state index >= 15 is 0 Å². The van der Waals surface area contributed by atoms with E-state index in [9.17, 15) is 9.90 Å². The van der Waals surface area contributed by atoms with Crippen LogP contribution < -0.4 is 0 Å². The highest BCUT2D eigenvalue weighted by Gasteiger charge is 2.15. The van der Waals surface area contributed by atoms with E-state index in [1.54, 1.807) is 19.1 Å². The fraction of sp³-hybridized carbons (Fsp3) is 0.700. The Morgan fingerprint density at radius 3 is 2.69 bits per heavy atom. The molecule has 0 aliphatic rings. The smallest absolute Gasteiger partial charge is 0.306 e. The first-order valence-corrected chi connectivity index (χ1v) is 4.58. The predicted octanol–water partition coefficient (Wildman–Crippen LogP) is 1.51. The zero-order chi connectivity index (χ0) is 10.3. The minimum atomic E-state index is -0.561. The SMILES string of the molecule is CC=CC(O)C(C)CC(=O)OCC. The average molecular weight is 186 g/mol. The van der Waals surface area contributed by atoms with Gasteiger partial charge in [0.05, 0.1) is 19.1 Å². The number of carbonyl (C=O) groups is 1. The average Bonchev–Trinajstić information content (AvgIpc) is 2.05. The number of allylic oxidation sites excluding steroid dienone is 1. The lowest BCUT2D eigenvalue weighted by Gasteiger charge is -2.13. The minimum absolute atomic E-state index is 0.0877. The van der Waals surface area contributed by atoms with Gasteiger partial charge < -0.3 is 9.84 Å². The van der Waals surface area contributed by atoms with E-state index in [2.05, 4.69) is 0 Å². The van der Waals surface area contributed by atoms with Gasteiger partial charge in [0.2, 0.25) is 0 Å². The summed E-state index contributed by atoms with van der Waals surface area (Å²) in [7, 11) is 0. The van der Waals surface area contributed by atoms with Crippen LogP contribution in [-0.2, 0) is 9.53 Å². The van der Waals surface area contributed by atoms with Gasteiger partial charge in [-0.3, -0.25) is 4.79 Å². The Balaban J connectivity index is 3.84. The molecule has 0 amide bonds. The fourth-order valence-electron chi connectivity index (χ4n) is 0.990. The molecule has 76 valence electrons. The lowest BCUT2D eigenvalue weighted by atomic mass is 10.0. The summed E-state index contributed by atoms with van der Waals surface area (Å²) in [5, 5.41) is 9.44. The van der Waals surface area contributed by atoms with Gasteiger partial charge in [-0.15, -0.1) is 0 Å². The van der Waals surface area contributed by atoms with Crippen LogP contribution in [-0.4, -0.2) is 23.8 Å². The summed E-state index contributed by atoms with van der Waals surface area (Å²) in [6, 6.07) is 0. The maximum absolute atomic E-state index is 11.0. The van der Waals surface area contributed by atoms with Crippen molar-refractivity contribution < 1.29 is 14.6 Å². The zero-order valence-electron chi connectivity index (χ0n) is 8.49. The van der Waals surface area contributed by atoms with E-state index in [0.29, 0.717) is 6.61 Å². The Labute approximate surface area is 79.4 Å². The van der Waals surface area contributed by atoms with Crippen molar-refractivity contribution in [3.05, 3.63) is 12.2 Å². The van der Waals surface area contributed by atoms with Gasteiger partial charge in [-0.1, -0.05) is 19.1 Å². The third-order valence-corrected chi connectivity index (χ3v) is 1.77. The second-order valence-corrected chi connectivity index (χ2v) is 3.00. The first-order chi connectivity index (χ1) is 6.11. The van der Waals surface area contributed by atoms with Crippen molar-refractivity contribution in [1.82, 2.24) is 0 Å². The van der Waals surface area contributed by atoms with Crippen LogP contribution in [0.25, 0.3) is 0 Å². The Hall–Kier alpha value is -0.830. The molecule has 0 spiro atoms. The van der Waals surface area contributed by atoms with Crippen molar-refractivity contribution in [3.63, 3.8) is 0 Å². The topological polar surface area (TPSA) is 46.5 Å². The molecule has 0 aromatic carbocycles. The van der Waals surface area contributed by atoms with Crippen LogP contribution in [0.2, 0.25) is 0 Å². The number of aliphatic hydroxyl groups is 1. The Morgan fingerprint density at radius 1 is 1.62 bits per heavy atom. The first kappa shape index (κ1) is 12.2. The van der Waals surface area contributed by atoms with E-state index < -0.39 is 6.10 Å². The molecular weight excluding hydrogens is 168 g/mol. The zero-order valence-corrected chi connectivity index (χ0v) is 8.49. The van der Waals surface area contributed by atoms with Gasteiger partial charge in [0.1, 0.15) is 0 Å². The molecule has 0 saturated heterocycles. The molecule has 0 aliphatic heterocycles. The fourth-order valence-corrected chi connectivity index (χ4v) is 0.990. The van der Waals surface area contributed by atoms with Gasteiger partial charge in [0, 0.05) is 0 Å². The molecule has 0 aromatic rings. The molecule has 0 rings (SSSR count). The number of esters is 1. The number of hydrogen-bond acceptors (Lipinski definition) is 3. The lowest BCUT2D eigenvalue weighted by molar-refractivity contribution is -0.144. The third-order valence-electron chi connectivity index (χ3n) is 1.77. The summed E-state index contributed by atoms with van der Waals surface area (Å²) < 4.78 is 4.77. The van der Waals surface area contributed by atoms with Gasteiger partial charge in [0.15, 0.2) is 0 Å². The van der Waals surface area contributed by atoms with E-state index in [0.717, 1.165) is 0 Å². The van der Waals surface area contributed by atoms with E-state index in [1.165, 1.54) is 0 Å². The molecule has 0 radical (unpaired) electrons. The Morgan fingerprint density at radius 2 is 2.23 bits per heavy atom. The Kier molecular flexibility index (Phi) is 6.24. The lowest BCUT2D eigenvalue weighted by Crippen LogP contribution is -2.19. The molecule has 0 aromatic heterocycles. The largest absolute Gasteiger partial charge is 0.466 e. The maximum Gasteiger partial charge on any atom is 0.306 e. The quantitative estimate of drug-likeness (QED) is 0.523. The van der Waals surface area contributed by atoms with Crippen LogP contribution in [0, 0.1) is 5.92 Å². The van der Waals surface area contributed by atoms with Crippen molar-refractivity contribution in [3.8, 4) is 0 Å². The van der Waals surface area contributed by atoms with E-state index in [4.69, 9.17) is 4.74 Å². The van der Waals surface area contributed by atoms with Crippen LogP contribution in [0.15, 0.2) is 12.2 Å². The van der Waals surface area contributed by atoms with E-state index in [-0.39, 0.29) is 18.3 Å². The van der Waals surface area contributed by atoms with Gasteiger partial charge in [0.25, 0.3) is 0 Å². The highest BCUT2D eigenvalue weighted by Crippen LogP contribution is 2.10. The van der Waals surface area contributed by atoms with Crippen molar-refractivity contribution in [2.75, 3.05) is 6.61 Å². The second-order valence-electron chi connectivity index (χ2n) is 3.00. The van der Waals surface area contributed by atoms with Gasteiger partial charge in [-0.25, -0.2) is 0 Å². The van der Waals surface area contributed by atoms with Gasteiger partial charge in [-0.2, -0.15) is 0 Å². The van der Waals surface area contributed by atoms with Crippen molar-refractivity contribution in [2.45, 2.75) is 33.3 Å². The molecule has 0 bridgehead atoms. The first-order valence-electron chi connectivity index (χ1n) is 4.58. The molecule has 2 atom stereocenters. The third kappa shape index (κ3) is 5.42. The number of ether oxygens (including phenoxy) is 1. The Bertz CT molecular complexity index is 175. The van der Waals surface area contributed by atoms with Crippen molar-refractivity contribution >= 4 is 5.97 Å². The van der Waals surface area contributed by atoms with Crippen molar-refractivity contribution in [2.24, 2.45) is 5.92 Å². The summed E-state index contributed by atoms with van der Waals surface area (Å²) in [6.07, 6.45) is 3.14. The highest BCUT2D eigenvalue weighted by molar-refractivity contribution is 5.69. The van der Waals surface area contributed by atoms with Crippen LogP contribution in [0.5, 0.6) is 0 Å². The number of hydrogen-bond donors (Lipinski definition) is 1. The van der Waals surface area contributed by atoms with Gasteiger partial charge >= 0.3 is 5.97 Å². The van der Waals surface area contributed by atoms with Crippen LogP contribution in [0.3, 0.4) is 0 Å². The number of rotatable bonds is 5. The van der Waals surface area contributed by atoms with Crippen molar-refractivity contribution in [1.29, 1.82) is 0 Å². The molecule has 0 aliphatic carbocycles. The molecule has 3 heteroatoms. The normalized spacial score (nSPS) is 15.7. The standard InChI is InChI=1S/C10H18O3/c1-4-6-9(11)8(3)7-10(12)13-5-2/h4,6,8-9,11H,5,7H2,1-3H3. The van der Waals surface area contributed by atoms with Crippen LogP contribution >= 0.6 is 0 Å². The monoisotopic (exact) mass is 186 g/mol. The minimum Gasteiger partial charge on any atom is -0.466 e. The van der Waals surface area contributed by atoms with Crippen LogP contribution in [0.1, 0.15) is 27.2 Å². The summed E-state index contributed by atoms with van der Waals surface area (Å²) in [5.41, 5.74) is 0. The maximum atomic E-state index is 11.0. The summed E-state index contributed by atoms with van der Waals surface area (Å²) in [4.78, 5) is 11.0. The summed E-state index contributed by atoms with van der Waals surface area (Å²) in [5.74, 6) is -0.339. The highest BCUT2D eigenvalue weighted by atomic mass is 16.5. The van der Waals surface area contributed by atoms with Crippen LogP contribution in [0.4, 0.5) is 0 Å². The predicted molar refractivity (Wildman–Crippen MR) is 51.2 cm³/mol.